The van der Waals surface area contributed by atoms with Crippen LogP contribution in [-0.4, -0.2) is 22.5 Å². The fraction of sp³-hybridized carbons (Fsp3) is 0.364. The summed E-state index contributed by atoms with van der Waals surface area (Å²) >= 11 is 0. The van der Waals surface area contributed by atoms with Gasteiger partial charge in [0.15, 0.2) is 0 Å². The van der Waals surface area contributed by atoms with Crippen molar-refractivity contribution in [2.75, 3.05) is 13.1 Å². The van der Waals surface area contributed by atoms with Crippen molar-refractivity contribution in [1.82, 2.24) is 14.7 Å². The Bertz CT molecular complexity index is 555. The van der Waals surface area contributed by atoms with Gasteiger partial charge in [-0.1, -0.05) is 0 Å². The van der Waals surface area contributed by atoms with E-state index in [0.717, 1.165) is 30.9 Å². The maximum Gasteiger partial charge on any atom is 0.416 e. The zero-order chi connectivity index (χ0) is 12.0. The molecule has 2 aromatic heterocycles. The molecule has 3 rings (SSSR count). The average molecular weight is 241 g/mol. The number of alkyl halides is 3. The molecule has 0 saturated carbocycles. The summed E-state index contributed by atoms with van der Waals surface area (Å²) in [5.41, 5.74) is 0.540. The number of halogens is 3. The predicted octanol–water partition coefficient (Wildman–Crippen LogP) is 2.04. The maximum atomic E-state index is 12.5. The van der Waals surface area contributed by atoms with Crippen molar-refractivity contribution < 1.29 is 13.2 Å². The molecule has 1 aliphatic rings. The van der Waals surface area contributed by atoms with Gasteiger partial charge in [-0.2, -0.15) is 13.2 Å². The Kier molecular flexibility index (Phi) is 2.16. The molecular weight excluding hydrogens is 231 g/mol. The van der Waals surface area contributed by atoms with Gasteiger partial charge in [-0.3, -0.25) is 0 Å². The number of nitrogens with one attached hydrogen (secondary N) is 1. The topological polar surface area (TPSA) is 29.3 Å². The molecule has 2 aromatic rings. The van der Waals surface area contributed by atoms with Crippen molar-refractivity contribution in [2.24, 2.45) is 0 Å². The van der Waals surface area contributed by atoms with E-state index in [2.05, 4.69) is 10.3 Å². The normalized spacial score (nSPS) is 17.4. The third-order valence-corrected chi connectivity index (χ3v) is 3.01. The Hall–Kier alpha value is -1.56. The number of hydrogen-bond acceptors (Lipinski definition) is 2. The van der Waals surface area contributed by atoms with Gasteiger partial charge >= 0.3 is 6.18 Å². The third-order valence-electron chi connectivity index (χ3n) is 3.01. The van der Waals surface area contributed by atoms with Crippen LogP contribution in [0, 0.1) is 0 Å². The van der Waals surface area contributed by atoms with E-state index in [4.69, 9.17) is 0 Å². The average Bonchev–Trinajstić information content (AvgIpc) is 2.54. The van der Waals surface area contributed by atoms with Crippen molar-refractivity contribution in [3.8, 4) is 0 Å². The Labute approximate surface area is 95.3 Å². The lowest BCUT2D eigenvalue weighted by Gasteiger charge is -2.24. The summed E-state index contributed by atoms with van der Waals surface area (Å²) in [6, 6.07) is 2.15. The van der Waals surface area contributed by atoms with Crippen LogP contribution in [0.3, 0.4) is 0 Å². The molecule has 0 radical (unpaired) electrons. The number of hydrogen-bond donors (Lipinski definition) is 1. The highest BCUT2D eigenvalue weighted by Crippen LogP contribution is 2.30. The molecule has 1 fully saturated rings. The zero-order valence-electron chi connectivity index (χ0n) is 8.83. The van der Waals surface area contributed by atoms with E-state index in [1.54, 1.807) is 10.6 Å². The Morgan fingerprint density at radius 2 is 2.12 bits per heavy atom. The molecule has 1 saturated heterocycles. The molecule has 1 aliphatic heterocycles. The van der Waals surface area contributed by atoms with Crippen LogP contribution in [0.4, 0.5) is 13.2 Å². The summed E-state index contributed by atoms with van der Waals surface area (Å²) in [5.74, 6) is 0.323. The summed E-state index contributed by atoms with van der Waals surface area (Å²) < 4.78 is 39.2. The molecule has 3 nitrogen and oxygen atoms in total. The van der Waals surface area contributed by atoms with Gasteiger partial charge < -0.3 is 9.72 Å². The van der Waals surface area contributed by atoms with Gasteiger partial charge in [0.25, 0.3) is 0 Å². The molecule has 17 heavy (non-hydrogen) atoms. The SMILES string of the molecule is FC(F)(F)c1ccn2cc(C3CNC3)nc2c1. The lowest BCUT2D eigenvalue weighted by molar-refractivity contribution is -0.137. The molecule has 0 aromatic carbocycles. The zero-order valence-corrected chi connectivity index (χ0v) is 8.83. The van der Waals surface area contributed by atoms with E-state index in [1.807, 2.05) is 0 Å². The first kappa shape index (κ1) is 10.6. The minimum absolute atomic E-state index is 0.323. The molecule has 0 bridgehead atoms. The largest absolute Gasteiger partial charge is 0.416 e. The Balaban J connectivity index is 2.04. The highest BCUT2D eigenvalue weighted by Gasteiger charge is 2.31. The summed E-state index contributed by atoms with van der Waals surface area (Å²) in [7, 11) is 0. The van der Waals surface area contributed by atoms with E-state index in [1.165, 1.54) is 6.20 Å². The van der Waals surface area contributed by atoms with Crippen LogP contribution in [0.5, 0.6) is 0 Å². The number of aromatic nitrogens is 2. The second-order valence-electron chi connectivity index (χ2n) is 4.20. The lowest BCUT2D eigenvalue weighted by atomic mass is 10.0. The molecule has 6 heteroatoms. The van der Waals surface area contributed by atoms with Crippen LogP contribution in [0.2, 0.25) is 0 Å². The van der Waals surface area contributed by atoms with E-state index >= 15 is 0 Å². The maximum absolute atomic E-state index is 12.5. The summed E-state index contributed by atoms with van der Waals surface area (Å²) in [5, 5.41) is 3.11. The van der Waals surface area contributed by atoms with Gasteiger partial charge in [0.05, 0.1) is 11.3 Å². The summed E-state index contributed by atoms with van der Waals surface area (Å²) in [4.78, 5) is 4.23. The molecule has 0 atom stereocenters. The molecule has 0 spiro atoms. The van der Waals surface area contributed by atoms with E-state index in [9.17, 15) is 13.2 Å². The van der Waals surface area contributed by atoms with Crippen LogP contribution in [-0.2, 0) is 6.18 Å². The van der Waals surface area contributed by atoms with E-state index in [-0.39, 0.29) is 0 Å². The van der Waals surface area contributed by atoms with E-state index < -0.39 is 11.7 Å². The van der Waals surface area contributed by atoms with Gasteiger partial charge in [0, 0.05) is 31.4 Å². The molecule has 3 heterocycles. The van der Waals surface area contributed by atoms with Gasteiger partial charge in [0.1, 0.15) is 5.65 Å². The molecular formula is C11H10F3N3. The highest BCUT2D eigenvalue weighted by molar-refractivity contribution is 5.44. The first-order chi connectivity index (χ1) is 8.04. The molecule has 90 valence electrons. The monoisotopic (exact) mass is 241 g/mol. The smallest absolute Gasteiger partial charge is 0.315 e. The molecule has 0 aliphatic carbocycles. The van der Waals surface area contributed by atoms with Crippen molar-refractivity contribution >= 4 is 5.65 Å². The van der Waals surface area contributed by atoms with Crippen molar-refractivity contribution in [1.29, 1.82) is 0 Å². The predicted molar refractivity (Wildman–Crippen MR) is 55.8 cm³/mol. The van der Waals surface area contributed by atoms with Crippen LogP contribution in [0.15, 0.2) is 24.5 Å². The van der Waals surface area contributed by atoms with Gasteiger partial charge in [-0.05, 0) is 12.1 Å². The first-order valence-electron chi connectivity index (χ1n) is 5.30. The number of imidazole rings is 1. The second-order valence-corrected chi connectivity index (χ2v) is 4.20. The van der Waals surface area contributed by atoms with Crippen molar-refractivity contribution in [3.63, 3.8) is 0 Å². The first-order valence-corrected chi connectivity index (χ1v) is 5.30. The minimum Gasteiger partial charge on any atom is -0.315 e. The standard InChI is InChI=1S/C11H10F3N3/c12-11(13,14)8-1-2-17-6-9(7-4-15-5-7)16-10(17)3-8/h1-3,6-7,15H,4-5H2. The number of rotatable bonds is 1. The fourth-order valence-electron chi connectivity index (χ4n) is 1.87. The second kappa shape index (κ2) is 3.46. The third kappa shape index (κ3) is 1.78. The summed E-state index contributed by atoms with van der Waals surface area (Å²) in [6.07, 6.45) is -1.12. The lowest BCUT2D eigenvalue weighted by Crippen LogP contribution is -2.40. The van der Waals surface area contributed by atoms with Crippen molar-refractivity contribution in [3.05, 3.63) is 35.8 Å². The molecule has 1 N–H and O–H groups in total. The van der Waals surface area contributed by atoms with Crippen molar-refractivity contribution in [2.45, 2.75) is 12.1 Å². The van der Waals surface area contributed by atoms with E-state index in [0.29, 0.717) is 11.6 Å². The number of pyridine rings is 1. The highest BCUT2D eigenvalue weighted by atomic mass is 19.4. The molecule has 0 unspecified atom stereocenters. The Morgan fingerprint density at radius 1 is 1.35 bits per heavy atom. The number of nitrogens with zero attached hydrogens (tertiary/aromatic N) is 2. The Morgan fingerprint density at radius 3 is 2.71 bits per heavy atom. The minimum atomic E-state index is -4.31. The van der Waals surface area contributed by atoms with Crippen LogP contribution >= 0.6 is 0 Å². The van der Waals surface area contributed by atoms with Crippen LogP contribution in [0.25, 0.3) is 5.65 Å². The molecule has 0 amide bonds. The van der Waals surface area contributed by atoms with Gasteiger partial charge in [0.2, 0.25) is 0 Å². The number of fused-ring (bicyclic) bond motifs is 1. The fourth-order valence-corrected chi connectivity index (χ4v) is 1.87. The van der Waals surface area contributed by atoms with Crippen LogP contribution < -0.4 is 5.32 Å². The van der Waals surface area contributed by atoms with Crippen LogP contribution in [0.1, 0.15) is 17.2 Å². The van der Waals surface area contributed by atoms with Gasteiger partial charge in [-0.25, -0.2) is 4.98 Å². The summed E-state index contributed by atoms with van der Waals surface area (Å²) in [6.45, 7) is 1.69. The van der Waals surface area contributed by atoms with Gasteiger partial charge in [-0.15, -0.1) is 0 Å². The quantitative estimate of drug-likeness (QED) is 0.827.